The van der Waals surface area contributed by atoms with Crippen molar-refractivity contribution < 1.29 is 4.74 Å². The van der Waals surface area contributed by atoms with Gasteiger partial charge in [-0.05, 0) is 24.8 Å². The molecule has 0 radical (unpaired) electrons. The van der Waals surface area contributed by atoms with E-state index in [2.05, 4.69) is 42.6 Å². The lowest BCUT2D eigenvalue weighted by atomic mass is 9.81. The van der Waals surface area contributed by atoms with Gasteiger partial charge < -0.3 is 4.74 Å². The normalized spacial score (nSPS) is 24.5. The monoisotopic (exact) mass is 214 g/mol. The van der Waals surface area contributed by atoms with Crippen molar-refractivity contribution >= 4 is 0 Å². The average molecular weight is 214 g/mol. The Hall–Kier alpha value is -1.46. The summed E-state index contributed by atoms with van der Waals surface area (Å²) in [6, 6.07) is 10.7. The van der Waals surface area contributed by atoms with E-state index in [-0.39, 0.29) is 0 Å². The van der Waals surface area contributed by atoms with Crippen molar-refractivity contribution in [2.24, 2.45) is 0 Å². The van der Waals surface area contributed by atoms with Gasteiger partial charge in [0.2, 0.25) is 0 Å². The van der Waals surface area contributed by atoms with Gasteiger partial charge in [-0.15, -0.1) is 0 Å². The smallest absolute Gasteiger partial charge is 0.125 e. The van der Waals surface area contributed by atoms with Crippen LogP contribution < -0.4 is 0 Å². The number of benzene rings is 1. The third-order valence-electron chi connectivity index (χ3n) is 3.26. The maximum Gasteiger partial charge on any atom is 0.125 e. The minimum absolute atomic E-state index is 0.297. The van der Waals surface area contributed by atoms with E-state index in [1.807, 2.05) is 0 Å². The molecule has 0 spiro atoms. The molecule has 2 atom stereocenters. The topological polar surface area (TPSA) is 9.23 Å². The van der Waals surface area contributed by atoms with Crippen LogP contribution in [-0.2, 0) is 4.74 Å². The quantitative estimate of drug-likeness (QED) is 0.545. The Kier molecular flexibility index (Phi) is 3.85. The Labute approximate surface area is 97.4 Å². The second kappa shape index (κ2) is 5.58. The van der Waals surface area contributed by atoms with Gasteiger partial charge in [0.25, 0.3) is 0 Å². The van der Waals surface area contributed by atoms with Gasteiger partial charge in [0.1, 0.15) is 12.4 Å². The zero-order chi connectivity index (χ0) is 11.2. The van der Waals surface area contributed by atoms with Crippen LogP contribution in [0, 0.1) is 0 Å². The number of rotatable bonds is 3. The summed E-state index contributed by atoms with van der Waals surface area (Å²) < 4.78 is 5.70. The maximum atomic E-state index is 5.70. The Morgan fingerprint density at radius 1 is 1.19 bits per heavy atom. The zero-order valence-electron chi connectivity index (χ0n) is 9.56. The molecule has 0 aromatic heterocycles. The minimum Gasteiger partial charge on any atom is -0.489 e. The van der Waals surface area contributed by atoms with E-state index in [9.17, 15) is 0 Å². The second-order valence-electron chi connectivity index (χ2n) is 4.30. The molecule has 0 saturated heterocycles. The first-order valence-corrected chi connectivity index (χ1v) is 5.96. The van der Waals surface area contributed by atoms with E-state index in [0.717, 1.165) is 6.42 Å². The zero-order valence-corrected chi connectivity index (χ0v) is 9.56. The van der Waals surface area contributed by atoms with Gasteiger partial charge in [-0.3, -0.25) is 0 Å². The van der Waals surface area contributed by atoms with Crippen LogP contribution in [0.1, 0.15) is 37.2 Å². The van der Waals surface area contributed by atoms with Crippen molar-refractivity contribution in [3.8, 4) is 0 Å². The second-order valence-corrected chi connectivity index (χ2v) is 4.30. The fraction of sp³-hybridized carbons (Fsp3) is 0.400. The van der Waals surface area contributed by atoms with E-state index in [0.29, 0.717) is 12.0 Å². The molecule has 0 amide bonds. The largest absolute Gasteiger partial charge is 0.489 e. The molecule has 1 heteroatoms. The predicted molar refractivity (Wildman–Crippen MR) is 66.2 cm³/mol. The summed E-state index contributed by atoms with van der Waals surface area (Å²) in [5.41, 5.74) is 4.08. The van der Waals surface area contributed by atoms with Crippen LogP contribution in [-0.4, -0.2) is 6.10 Å². The van der Waals surface area contributed by atoms with Crippen LogP contribution in [0.15, 0.2) is 48.9 Å². The molecule has 16 heavy (non-hydrogen) atoms. The molecular formula is C15H18O. The molecule has 0 N–H and O–H groups in total. The molecule has 2 rings (SSSR count). The summed E-state index contributed by atoms with van der Waals surface area (Å²) in [6.07, 6.45) is 6.82. The lowest BCUT2D eigenvalue weighted by Gasteiger charge is -2.30. The van der Waals surface area contributed by atoms with Crippen molar-refractivity contribution in [3.05, 3.63) is 54.5 Å². The third kappa shape index (κ3) is 2.56. The standard InChI is InChI=1S/C15H18O/c1-2-12-16-15-11-7-6-10-14(15)13-8-4-3-5-9-13/h3-5,8-9,12,14-15H,1,6-7,10-11H2/t14-,15+/m0/s1. The Balaban J connectivity index is 2.13. The molecule has 1 fully saturated rings. The molecule has 84 valence electrons. The van der Waals surface area contributed by atoms with E-state index in [1.54, 1.807) is 6.26 Å². The fourth-order valence-corrected chi connectivity index (χ4v) is 2.48. The number of ether oxygens (including phenoxy) is 1. The lowest BCUT2D eigenvalue weighted by Crippen LogP contribution is -2.24. The first-order valence-electron chi connectivity index (χ1n) is 5.96. The van der Waals surface area contributed by atoms with Crippen molar-refractivity contribution in [1.82, 2.24) is 0 Å². The van der Waals surface area contributed by atoms with Crippen molar-refractivity contribution in [1.29, 1.82) is 0 Å². The molecule has 0 aliphatic heterocycles. The summed E-state index contributed by atoms with van der Waals surface area (Å²) in [5, 5.41) is 0. The van der Waals surface area contributed by atoms with Crippen LogP contribution in [0.5, 0.6) is 0 Å². The van der Waals surface area contributed by atoms with E-state index in [4.69, 9.17) is 4.74 Å². The van der Waals surface area contributed by atoms with Gasteiger partial charge in [0, 0.05) is 5.92 Å². The minimum atomic E-state index is 0.297. The highest BCUT2D eigenvalue weighted by molar-refractivity contribution is 5.21. The summed E-state index contributed by atoms with van der Waals surface area (Å²) in [4.78, 5) is 0. The molecule has 1 aliphatic carbocycles. The molecule has 1 aliphatic rings. The predicted octanol–water partition coefficient (Wildman–Crippen LogP) is 4.03. The van der Waals surface area contributed by atoms with Crippen molar-refractivity contribution in [2.45, 2.75) is 37.7 Å². The lowest BCUT2D eigenvalue weighted by molar-refractivity contribution is 0.0852. The number of hydrogen-bond acceptors (Lipinski definition) is 1. The van der Waals surface area contributed by atoms with Crippen LogP contribution >= 0.6 is 0 Å². The van der Waals surface area contributed by atoms with E-state index < -0.39 is 0 Å². The molecule has 1 aromatic rings. The van der Waals surface area contributed by atoms with Crippen molar-refractivity contribution in [2.75, 3.05) is 0 Å². The maximum absolute atomic E-state index is 5.70. The summed E-state index contributed by atoms with van der Waals surface area (Å²) in [6.45, 7) is 3.54. The van der Waals surface area contributed by atoms with Crippen LogP contribution in [0.3, 0.4) is 0 Å². The average Bonchev–Trinajstić information content (AvgIpc) is 2.38. The van der Waals surface area contributed by atoms with Gasteiger partial charge in [0.05, 0.1) is 0 Å². The van der Waals surface area contributed by atoms with Gasteiger partial charge in [0.15, 0.2) is 0 Å². The van der Waals surface area contributed by atoms with Crippen LogP contribution in [0.2, 0.25) is 0 Å². The van der Waals surface area contributed by atoms with Gasteiger partial charge in [-0.2, -0.15) is 0 Å². The molecule has 1 nitrogen and oxygen atoms in total. The molecule has 1 saturated carbocycles. The molecule has 1 aromatic carbocycles. The first kappa shape index (κ1) is 11.0. The fourth-order valence-electron chi connectivity index (χ4n) is 2.48. The Morgan fingerprint density at radius 3 is 2.69 bits per heavy atom. The van der Waals surface area contributed by atoms with E-state index in [1.165, 1.54) is 24.8 Å². The number of hydrogen-bond donors (Lipinski definition) is 0. The SMILES string of the molecule is C=C=CO[C@@H]1CCCC[C@H]1c1ccccc1. The molecular weight excluding hydrogens is 196 g/mol. The van der Waals surface area contributed by atoms with Gasteiger partial charge in [-0.1, -0.05) is 49.1 Å². The van der Waals surface area contributed by atoms with Gasteiger partial charge in [-0.25, -0.2) is 0 Å². The van der Waals surface area contributed by atoms with Crippen LogP contribution in [0.25, 0.3) is 0 Å². The molecule has 0 heterocycles. The highest BCUT2D eigenvalue weighted by Gasteiger charge is 2.26. The van der Waals surface area contributed by atoms with Gasteiger partial charge >= 0.3 is 0 Å². The molecule has 0 bridgehead atoms. The third-order valence-corrected chi connectivity index (χ3v) is 3.26. The first-order chi connectivity index (χ1) is 7.92. The highest BCUT2D eigenvalue weighted by atomic mass is 16.5. The Bertz CT molecular complexity index is 362. The summed E-state index contributed by atoms with van der Waals surface area (Å²) >= 11 is 0. The summed E-state index contributed by atoms with van der Waals surface area (Å²) in [5.74, 6) is 0.527. The molecule has 0 unspecified atom stereocenters. The van der Waals surface area contributed by atoms with E-state index >= 15 is 0 Å². The summed E-state index contributed by atoms with van der Waals surface area (Å²) in [7, 11) is 0. The Morgan fingerprint density at radius 2 is 1.94 bits per heavy atom. The van der Waals surface area contributed by atoms with Crippen LogP contribution in [0.4, 0.5) is 0 Å². The highest BCUT2D eigenvalue weighted by Crippen LogP contribution is 2.34. The van der Waals surface area contributed by atoms with Crippen molar-refractivity contribution in [3.63, 3.8) is 0 Å².